The number of para-hydroxylation sites is 4. The summed E-state index contributed by atoms with van der Waals surface area (Å²) < 4.78 is 4.70. The molecule has 12 aromatic rings. The summed E-state index contributed by atoms with van der Waals surface area (Å²) in [5.74, 6) is 0.640. The highest BCUT2D eigenvalue weighted by molar-refractivity contribution is 6.15. The topological polar surface area (TPSA) is 35.6 Å². The molecule has 0 unspecified atom stereocenters. The molecule has 0 fully saturated rings. The number of rotatable bonds is 5. The van der Waals surface area contributed by atoms with Crippen molar-refractivity contribution in [3.8, 4) is 56.3 Å². The molecule has 13 rings (SSSR count). The van der Waals surface area contributed by atoms with Gasteiger partial charge in [0.05, 0.1) is 33.3 Å². The average molecular weight is 835 g/mol. The van der Waals surface area contributed by atoms with E-state index in [9.17, 15) is 0 Å². The van der Waals surface area contributed by atoms with E-state index in [4.69, 9.17) is 9.97 Å². The van der Waals surface area contributed by atoms with Crippen LogP contribution < -0.4 is 0 Å². The molecule has 0 radical (unpaired) electrons. The molecule has 3 aromatic heterocycles. The molecule has 310 valence electrons. The van der Waals surface area contributed by atoms with Crippen molar-refractivity contribution in [2.24, 2.45) is 0 Å². The van der Waals surface area contributed by atoms with E-state index in [0.29, 0.717) is 5.95 Å². The smallest absolute Gasteiger partial charge is 0.235 e. The van der Waals surface area contributed by atoms with Crippen molar-refractivity contribution < 1.29 is 0 Å². The summed E-state index contributed by atoms with van der Waals surface area (Å²) >= 11 is 0. The summed E-state index contributed by atoms with van der Waals surface area (Å²) in [4.78, 5) is 10.8. The molecule has 0 atom stereocenters. The molecule has 0 saturated carbocycles. The highest BCUT2D eigenvalue weighted by Crippen LogP contribution is 2.50. The summed E-state index contributed by atoms with van der Waals surface area (Å²) in [7, 11) is 0. The number of hydrogen-bond donors (Lipinski definition) is 0. The first-order valence-electron chi connectivity index (χ1n) is 22.7. The second kappa shape index (κ2) is 15.0. The third-order valence-corrected chi connectivity index (χ3v) is 13.5. The van der Waals surface area contributed by atoms with Crippen molar-refractivity contribution in [3.05, 3.63) is 217 Å². The lowest BCUT2D eigenvalue weighted by atomic mass is 9.82. The molecule has 1 aliphatic rings. The van der Waals surface area contributed by atoms with Crippen molar-refractivity contribution in [2.45, 2.75) is 33.1 Å². The van der Waals surface area contributed by atoms with Gasteiger partial charge in [0.2, 0.25) is 5.95 Å². The van der Waals surface area contributed by atoms with E-state index in [2.05, 4.69) is 229 Å². The van der Waals surface area contributed by atoms with Gasteiger partial charge in [-0.1, -0.05) is 185 Å². The molecule has 9 aromatic carbocycles. The maximum Gasteiger partial charge on any atom is 0.235 e. The Balaban J connectivity index is 0.00000219. The fourth-order valence-corrected chi connectivity index (χ4v) is 10.6. The van der Waals surface area contributed by atoms with Gasteiger partial charge in [0.1, 0.15) is 0 Å². The Morgan fingerprint density at radius 1 is 0.369 bits per heavy atom. The van der Waals surface area contributed by atoms with Crippen LogP contribution in [0.2, 0.25) is 0 Å². The van der Waals surface area contributed by atoms with E-state index in [1.54, 1.807) is 0 Å². The first kappa shape index (κ1) is 38.6. The molecule has 4 heteroatoms. The molecule has 0 amide bonds. The SMILES string of the molecule is CC.CC1(C)c2ccccc2-c2cc(-c3cccc(-c4cccc5c6cc(-n7c8ccccc8c8ccccc87)ccc6n(-c6nc(-c7ccccc7)c7ccccc7n6)c45)c3)ccc21. The highest BCUT2D eigenvalue weighted by Gasteiger charge is 2.35. The summed E-state index contributed by atoms with van der Waals surface area (Å²) in [6.07, 6.45) is 0. The monoisotopic (exact) mass is 834 g/mol. The van der Waals surface area contributed by atoms with Crippen LogP contribution in [0.15, 0.2) is 206 Å². The molecule has 4 nitrogen and oxygen atoms in total. The lowest BCUT2D eigenvalue weighted by Crippen LogP contribution is -2.14. The summed E-state index contributed by atoms with van der Waals surface area (Å²) in [5.41, 5.74) is 18.5. The van der Waals surface area contributed by atoms with Crippen LogP contribution >= 0.6 is 0 Å². The predicted octanol–water partition coefficient (Wildman–Crippen LogP) is 16.2. The number of nitrogens with zero attached hydrogens (tertiary/aromatic N) is 4. The van der Waals surface area contributed by atoms with E-state index in [0.717, 1.165) is 60.8 Å². The Bertz CT molecular complexity index is 3780. The minimum atomic E-state index is -0.0397. The Kier molecular flexibility index (Phi) is 8.92. The number of benzene rings is 9. The lowest BCUT2D eigenvalue weighted by Gasteiger charge is -2.21. The molecule has 0 spiro atoms. The van der Waals surface area contributed by atoms with Gasteiger partial charge in [-0.15, -0.1) is 0 Å². The second-order valence-corrected chi connectivity index (χ2v) is 17.4. The lowest BCUT2D eigenvalue weighted by molar-refractivity contribution is 0.660. The Morgan fingerprint density at radius 2 is 0.954 bits per heavy atom. The molecule has 0 saturated heterocycles. The van der Waals surface area contributed by atoms with Gasteiger partial charge in [-0.3, -0.25) is 4.57 Å². The van der Waals surface area contributed by atoms with E-state index in [-0.39, 0.29) is 5.41 Å². The zero-order valence-corrected chi connectivity index (χ0v) is 36.9. The standard InChI is InChI=1S/C59H40N4.C2H6/c1-59(2)50-26-10-6-20-43(50)48-35-39(30-32-51(48)59)38-18-14-19-40(34-38)42-24-15-25-46-49-36-41(62-53-28-12-8-21-44(53)45-22-9-13-29-54(45)62)31-33-55(49)63(57(42)46)58-60-52-27-11-7-23-47(52)56(61-58)37-16-4-3-5-17-37;1-2/h3-36H,1-2H3;1-2H3. The molecule has 0 N–H and O–H groups in total. The van der Waals surface area contributed by atoms with Crippen LogP contribution in [0.25, 0.3) is 111 Å². The van der Waals surface area contributed by atoms with Crippen LogP contribution in [0, 0.1) is 0 Å². The predicted molar refractivity (Wildman–Crippen MR) is 273 cm³/mol. The van der Waals surface area contributed by atoms with Crippen molar-refractivity contribution in [1.29, 1.82) is 0 Å². The van der Waals surface area contributed by atoms with Crippen molar-refractivity contribution in [1.82, 2.24) is 19.1 Å². The normalized spacial score (nSPS) is 12.7. The molecule has 3 heterocycles. The van der Waals surface area contributed by atoms with Crippen LogP contribution in [-0.4, -0.2) is 19.1 Å². The molecular weight excluding hydrogens is 789 g/mol. The fourth-order valence-electron chi connectivity index (χ4n) is 10.6. The summed E-state index contributed by atoms with van der Waals surface area (Å²) in [6.45, 7) is 8.68. The Labute approximate surface area is 378 Å². The van der Waals surface area contributed by atoms with Gasteiger partial charge in [0, 0.05) is 49.2 Å². The van der Waals surface area contributed by atoms with Gasteiger partial charge < -0.3 is 4.57 Å². The van der Waals surface area contributed by atoms with Crippen molar-refractivity contribution in [3.63, 3.8) is 0 Å². The second-order valence-electron chi connectivity index (χ2n) is 17.4. The van der Waals surface area contributed by atoms with E-state index >= 15 is 0 Å². The third kappa shape index (κ3) is 5.91. The summed E-state index contributed by atoms with van der Waals surface area (Å²) in [6, 6.07) is 74.8. The summed E-state index contributed by atoms with van der Waals surface area (Å²) in [5, 5.41) is 5.79. The average Bonchev–Trinajstić information content (AvgIpc) is 3.97. The van der Waals surface area contributed by atoms with E-state index in [1.807, 2.05) is 13.8 Å². The molecular formula is C61H46N4. The van der Waals surface area contributed by atoms with Gasteiger partial charge >= 0.3 is 0 Å². The largest absolute Gasteiger partial charge is 0.309 e. The minimum Gasteiger partial charge on any atom is -0.309 e. The first-order valence-corrected chi connectivity index (χ1v) is 22.7. The molecule has 0 bridgehead atoms. The molecule has 65 heavy (non-hydrogen) atoms. The van der Waals surface area contributed by atoms with Crippen LogP contribution in [0.4, 0.5) is 0 Å². The number of fused-ring (bicyclic) bond motifs is 10. The van der Waals surface area contributed by atoms with Crippen LogP contribution in [0.5, 0.6) is 0 Å². The van der Waals surface area contributed by atoms with Crippen LogP contribution in [0.1, 0.15) is 38.8 Å². The van der Waals surface area contributed by atoms with Crippen LogP contribution in [0.3, 0.4) is 0 Å². The van der Waals surface area contributed by atoms with Crippen LogP contribution in [-0.2, 0) is 5.41 Å². The van der Waals surface area contributed by atoms with Crippen molar-refractivity contribution >= 4 is 54.5 Å². The maximum absolute atomic E-state index is 5.48. The van der Waals surface area contributed by atoms with E-state index < -0.39 is 0 Å². The molecule has 0 aliphatic heterocycles. The van der Waals surface area contributed by atoms with Gasteiger partial charge in [-0.05, 0) is 87.5 Å². The van der Waals surface area contributed by atoms with Gasteiger partial charge in [0.15, 0.2) is 0 Å². The Hall–Kier alpha value is -8.08. The number of hydrogen-bond acceptors (Lipinski definition) is 2. The maximum atomic E-state index is 5.48. The van der Waals surface area contributed by atoms with Gasteiger partial charge in [0.25, 0.3) is 0 Å². The fraction of sp³-hybridized carbons (Fsp3) is 0.0820. The zero-order valence-electron chi connectivity index (χ0n) is 36.9. The quantitative estimate of drug-likeness (QED) is 0.173. The van der Waals surface area contributed by atoms with Gasteiger partial charge in [-0.25, -0.2) is 9.97 Å². The number of aromatic nitrogens is 4. The zero-order chi connectivity index (χ0) is 43.8. The van der Waals surface area contributed by atoms with Crippen molar-refractivity contribution in [2.75, 3.05) is 0 Å². The molecule has 1 aliphatic carbocycles. The Morgan fingerprint density at radius 3 is 1.75 bits per heavy atom. The third-order valence-electron chi connectivity index (χ3n) is 13.5. The van der Waals surface area contributed by atoms with Gasteiger partial charge in [-0.2, -0.15) is 0 Å². The minimum absolute atomic E-state index is 0.0397. The highest BCUT2D eigenvalue weighted by atomic mass is 15.2. The van der Waals surface area contributed by atoms with E-state index in [1.165, 1.54) is 55.2 Å². The first-order chi connectivity index (χ1) is 32.0.